The summed E-state index contributed by atoms with van der Waals surface area (Å²) in [7, 11) is 0. The summed E-state index contributed by atoms with van der Waals surface area (Å²) < 4.78 is 23.1. The highest BCUT2D eigenvalue weighted by Crippen LogP contribution is 2.45. The fraction of sp³-hybridized carbons (Fsp3) is 0.381. The van der Waals surface area contributed by atoms with Gasteiger partial charge in [0.25, 0.3) is 5.91 Å². The van der Waals surface area contributed by atoms with Crippen LogP contribution in [0, 0.1) is 11.3 Å². The molecule has 2 aliphatic heterocycles. The Balaban J connectivity index is 1.27. The van der Waals surface area contributed by atoms with E-state index in [1.54, 1.807) is 48.8 Å². The molecule has 284 valence electrons. The van der Waals surface area contributed by atoms with Gasteiger partial charge in [0.2, 0.25) is 0 Å². The van der Waals surface area contributed by atoms with Gasteiger partial charge in [0, 0.05) is 44.1 Å². The molecule has 12 heteroatoms. The summed E-state index contributed by atoms with van der Waals surface area (Å²) in [5.74, 6) is 0.117. The topological polar surface area (TPSA) is 124 Å². The summed E-state index contributed by atoms with van der Waals surface area (Å²) in [5, 5.41) is 4.82. The molecule has 4 aromatic rings. The number of likely N-dealkylation sites (tertiary alicyclic amines) is 1. The van der Waals surface area contributed by atoms with E-state index in [1.807, 2.05) is 81.4 Å². The van der Waals surface area contributed by atoms with E-state index in [9.17, 15) is 19.2 Å². The third-order valence-corrected chi connectivity index (χ3v) is 9.35. The van der Waals surface area contributed by atoms with E-state index in [0.717, 1.165) is 21.9 Å². The lowest BCUT2D eigenvalue weighted by molar-refractivity contribution is -0.143. The number of carbonyl (C=O) groups excluding carboxylic acids is 4. The number of anilines is 1. The zero-order valence-electron chi connectivity index (χ0n) is 31.4. The van der Waals surface area contributed by atoms with E-state index < -0.39 is 29.3 Å². The monoisotopic (exact) mass is 755 g/mol. The second kappa shape index (κ2) is 15.6. The van der Waals surface area contributed by atoms with Gasteiger partial charge in [0.05, 0.1) is 16.1 Å². The van der Waals surface area contributed by atoms with E-state index >= 15 is 0 Å². The average molecular weight is 756 g/mol. The second-order valence-electron chi connectivity index (χ2n) is 15.7. The summed E-state index contributed by atoms with van der Waals surface area (Å²) in [6.07, 6.45) is -1.77. The fourth-order valence-electron chi connectivity index (χ4n) is 6.25. The standard InChI is InChI=1S/C42H46ClN3O8/c1-41(2,3)38(48)52-29-18-28-14-10-11-15-30(28)31(19-29)32-20-36-34(21-33(32)43)46(24-27-22-45(23-27)40(50)54-42(4,5)6)37(47)35(53-36)16-17-44-39(49)51-25-26-12-8-7-9-13-26/h7-15,18-21,27,35H,16-17,22-25H2,1-6H3,(H,44,49)/t35-/m1/s1. The summed E-state index contributed by atoms with van der Waals surface area (Å²) in [4.78, 5) is 55.4. The number of nitrogens with zero attached hydrogens (tertiary/aromatic N) is 2. The van der Waals surface area contributed by atoms with Crippen LogP contribution in [0.1, 0.15) is 53.5 Å². The Kier molecular flexibility index (Phi) is 11.1. The van der Waals surface area contributed by atoms with Gasteiger partial charge >= 0.3 is 18.2 Å². The molecule has 0 unspecified atom stereocenters. The average Bonchev–Trinajstić information content (AvgIpc) is 3.08. The molecular weight excluding hydrogens is 710 g/mol. The van der Waals surface area contributed by atoms with E-state index in [-0.39, 0.29) is 37.4 Å². The van der Waals surface area contributed by atoms with Gasteiger partial charge in [-0.3, -0.25) is 9.59 Å². The molecule has 0 bridgehead atoms. The van der Waals surface area contributed by atoms with Crippen LogP contribution in [-0.4, -0.2) is 66.8 Å². The highest BCUT2D eigenvalue weighted by molar-refractivity contribution is 6.34. The Morgan fingerprint density at radius 2 is 1.61 bits per heavy atom. The van der Waals surface area contributed by atoms with Crippen molar-refractivity contribution in [1.82, 2.24) is 10.2 Å². The van der Waals surface area contributed by atoms with Gasteiger partial charge in [-0.05, 0) is 87.7 Å². The maximum absolute atomic E-state index is 14.1. The van der Waals surface area contributed by atoms with Crippen molar-refractivity contribution in [3.63, 3.8) is 0 Å². The maximum Gasteiger partial charge on any atom is 0.410 e. The minimum absolute atomic E-state index is 0.0178. The highest BCUT2D eigenvalue weighted by Gasteiger charge is 2.40. The number of fused-ring (bicyclic) bond motifs is 2. The van der Waals surface area contributed by atoms with Crippen molar-refractivity contribution < 1.29 is 38.1 Å². The Hall–Kier alpha value is -5.29. The molecule has 54 heavy (non-hydrogen) atoms. The number of esters is 1. The lowest BCUT2D eigenvalue weighted by atomic mass is 9.95. The first kappa shape index (κ1) is 38.4. The van der Waals surface area contributed by atoms with Crippen molar-refractivity contribution in [2.75, 3.05) is 31.1 Å². The van der Waals surface area contributed by atoms with Gasteiger partial charge in [0.15, 0.2) is 6.10 Å². The van der Waals surface area contributed by atoms with Gasteiger partial charge < -0.3 is 34.1 Å². The number of alkyl carbamates (subject to hydrolysis) is 1. The molecule has 2 heterocycles. The van der Waals surface area contributed by atoms with Crippen LogP contribution in [0.4, 0.5) is 15.3 Å². The van der Waals surface area contributed by atoms with Crippen molar-refractivity contribution in [3.05, 3.63) is 89.4 Å². The molecule has 1 N–H and O–H groups in total. The van der Waals surface area contributed by atoms with E-state index in [2.05, 4.69) is 5.32 Å². The number of benzene rings is 4. The number of hydrogen-bond acceptors (Lipinski definition) is 8. The van der Waals surface area contributed by atoms with Crippen molar-refractivity contribution >= 4 is 52.1 Å². The molecule has 1 saturated heterocycles. The lowest BCUT2D eigenvalue weighted by Gasteiger charge is -2.43. The third kappa shape index (κ3) is 9.07. The predicted molar refractivity (Wildman–Crippen MR) is 207 cm³/mol. The van der Waals surface area contributed by atoms with Gasteiger partial charge in [-0.2, -0.15) is 0 Å². The first-order valence-electron chi connectivity index (χ1n) is 18.1. The van der Waals surface area contributed by atoms with Crippen LogP contribution >= 0.6 is 11.6 Å². The number of amides is 3. The molecule has 0 saturated carbocycles. The smallest absolute Gasteiger partial charge is 0.410 e. The Morgan fingerprint density at radius 1 is 0.907 bits per heavy atom. The molecule has 3 amide bonds. The Morgan fingerprint density at radius 3 is 2.31 bits per heavy atom. The molecule has 0 spiro atoms. The molecule has 0 aromatic heterocycles. The second-order valence-corrected chi connectivity index (χ2v) is 16.1. The van der Waals surface area contributed by atoms with Crippen LogP contribution in [0.5, 0.6) is 11.5 Å². The quantitative estimate of drug-likeness (QED) is 0.134. The van der Waals surface area contributed by atoms with Crippen LogP contribution in [0.15, 0.2) is 78.9 Å². The molecule has 6 rings (SSSR count). The van der Waals surface area contributed by atoms with E-state index in [4.69, 9.17) is 30.5 Å². The van der Waals surface area contributed by atoms with Crippen molar-refractivity contribution in [2.45, 2.75) is 66.3 Å². The normalized spacial score (nSPS) is 15.9. The number of nitrogens with one attached hydrogen (secondary N) is 1. The zero-order chi connectivity index (χ0) is 38.8. The highest BCUT2D eigenvalue weighted by atomic mass is 35.5. The molecular formula is C42H46ClN3O8. The summed E-state index contributed by atoms with van der Waals surface area (Å²) in [6, 6.07) is 24.2. The van der Waals surface area contributed by atoms with Gasteiger partial charge in [0.1, 0.15) is 23.7 Å². The fourth-order valence-corrected chi connectivity index (χ4v) is 6.50. The van der Waals surface area contributed by atoms with Crippen LogP contribution in [0.2, 0.25) is 5.02 Å². The summed E-state index contributed by atoms with van der Waals surface area (Å²) in [5.41, 5.74) is 1.35. The van der Waals surface area contributed by atoms with E-state index in [0.29, 0.717) is 47.4 Å². The largest absolute Gasteiger partial charge is 0.478 e. The van der Waals surface area contributed by atoms with Gasteiger partial charge in [-0.15, -0.1) is 0 Å². The number of halogens is 1. The molecule has 2 aliphatic rings. The minimum Gasteiger partial charge on any atom is -0.478 e. The van der Waals surface area contributed by atoms with Crippen LogP contribution < -0.4 is 19.7 Å². The molecule has 1 fully saturated rings. The summed E-state index contributed by atoms with van der Waals surface area (Å²) in [6.45, 7) is 12.2. The first-order valence-corrected chi connectivity index (χ1v) is 18.4. The first-order chi connectivity index (χ1) is 25.6. The number of ether oxygens (including phenoxy) is 4. The summed E-state index contributed by atoms with van der Waals surface area (Å²) >= 11 is 7.05. The van der Waals surface area contributed by atoms with Crippen LogP contribution in [0.25, 0.3) is 21.9 Å². The lowest BCUT2D eigenvalue weighted by Crippen LogP contribution is -2.57. The molecule has 0 aliphatic carbocycles. The van der Waals surface area contributed by atoms with Gasteiger partial charge in [-0.25, -0.2) is 9.59 Å². The number of hydrogen-bond donors (Lipinski definition) is 1. The van der Waals surface area contributed by atoms with E-state index in [1.165, 1.54) is 0 Å². The zero-order valence-corrected chi connectivity index (χ0v) is 32.2. The minimum atomic E-state index is -0.932. The SMILES string of the molecule is CC(C)(C)OC(=O)N1CC(CN2C(=O)[C@@H](CCNC(=O)OCc3ccccc3)Oc3cc(-c4cc(OC(=O)C(C)(C)C)cc5ccccc45)c(Cl)cc32)C1. The van der Waals surface area contributed by atoms with Crippen molar-refractivity contribution in [1.29, 1.82) is 0 Å². The predicted octanol–water partition coefficient (Wildman–Crippen LogP) is 8.39. The Bertz CT molecular complexity index is 2050. The molecule has 11 nitrogen and oxygen atoms in total. The van der Waals surface area contributed by atoms with Gasteiger partial charge in [-0.1, -0.05) is 66.2 Å². The van der Waals surface area contributed by atoms with Crippen molar-refractivity contribution in [2.24, 2.45) is 11.3 Å². The molecule has 4 aromatic carbocycles. The van der Waals surface area contributed by atoms with Crippen molar-refractivity contribution in [3.8, 4) is 22.6 Å². The Labute approximate surface area is 320 Å². The van der Waals surface area contributed by atoms with Crippen LogP contribution in [0.3, 0.4) is 0 Å². The maximum atomic E-state index is 14.1. The van der Waals surface area contributed by atoms with Crippen LogP contribution in [-0.2, 0) is 25.7 Å². The third-order valence-electron chi connectivity index (χ3n) is 9.04. The molecule has 1 atom stereocenters. The molecule has 0 radical (unpaired) electrons. The number of rotatable bonds is 9. The number of carbonyl (C=O) groups is 4.